The Bertz CT molecular complexity index is 2240. The van der Waals surface area contributed by atoms with E-state index in [0.717, 1.165) is 27.9 Å². The van der Waals surface area contributed by atoms with Gasteiger partial charge in [-0.3, -0.25) is 4.68 Å². The van der Waals surface area contributed by atoms with Gasteiger partial charge in [0.2, 0.25) is 0 Å². The Morgan fingerprint density at radius 1 is 0.521 bits per heavy atom. The van der Waals surface area contributed by atoms with Gasteiger partial charge in [0.15, 0.2) is 0 Å². The van der Waals surface area contributed by atoms with Crippen molar-refractivity contribution >= 4 is 10.8 Å². The summed E-state index contributed by atoms with van der Waals surface area (Å²) in [4.78, 5) is 4.58. The molecule has 2 heterocycles. The molecule has 6 aromatic carbocycles. The van der Waals surface area contributed by atoms with E-state index >= 15 is 0 Å². The van der Waals surface area contributed by atoms with Crippen molar-refractivity contribution in [2.75, 3.05) is 0 Å². The van der Waals surface area contributed by atoms with E-state index in [4.69, 9.17) is 0 Å². The largest absolute Gasteiger partial charge is 0.304 e. The van der Waals surface area contributed by atoms with Gasteiger partial charge in [-0.25, -0.2) is 0 Å². The average Bonchev–Trinajstić information content (AvgIpc) is 3.62. The minimum Gasteiger partial charge on any atom is -0.304 e. The van der Waals surface area contributed by atoms with E-state index in [1.54, 1.807) is 0 Å². The second-order valence-corrected chi connectivity index (χ2v) is 11.5. The van der Waals surface area contributed by atoms with Crippen LogP contribution in [0.1, 0.15) is 11.1 Å². The molecule has 235 valence electrons. The summed E-state index contributed by atoms with van der Waals surface area (Å²) in [6.07, 6.45) is 5.93. The number of nitrogens with zero attached hydrogens (tertiary/aromatic N) is 3. The van der Waals surface area contributed by atoms with Gasteiger partial charge in [-0.2, -0.15) is 29.4 Å². The van der Waals surface area contributed by atoms with Gasteiger partial charge < -0.3 is 4.98 Å². The summed E-state index contributed by atoms with van der Waals surface area (Å²) >= 11 is 0. The molecule has 0 aliphatic heterocycles. The molecule has 48 heavy (non-hydrogen) atoms. The maximum atomic E-state index is 4.58. The molecule has 0 atom stereocenters. The van der Waals surface area contributed by atoms with Crippen molar-refractivity contribution in [3.63, 3.8) is 0 Å². The van der Waals surface area contributed by atoms with Crippen molar-refractivity contribution in [2.24, 2.45) is 0 Å². The maximum absolute atomic E-state index is 4.58. The first-order chi connectivity index (χ1) is 23.1. The van der Waals surface area contributed by atoms with Crippen LogP contribution in [0.5, 0.6) is 0 Å². The summed E-state index contributed by atoms with van der Waals surface area (Å²) in [6, 6.07) is 56.4. The van der Waals surface area contributed by atoms with Gasteiger partial charge in [-0.15, -0.1) is 41.5 Å². The molecule has 0 N–H and O–H groups in total. The number of para-hydroxylation sites is 1. The molecule has 2 aromatic heterocycles. The first kappa shape index (κ1) is 32.5. The van der Waals surface area contributed by atoms with Crippen LogP contribution in [0.4, 0.5) is 0 Å². The molecule has 0 unspecified atom stereocenters. The molecule has 0 fully saturated rings. The molecule has 4 heteroatoms. The van der Waals surface area contributed by atoms with Crippen molar-refractivity contribution < 1.29 is 20.1 Å². The molecule has 0 saturated heterocycles. The fourth-order valence-electron chi connectivity index (χ4n) is 5.98. The molecule has 0 aliphatic carbocycles. The fourth-order valence-corrected chi connectivity index (χ4v) is 5.98. The number of aryl methyl sites for hydroxylation is 2. The maximum Gasteiger partial charge on any atom is 0.0572 e. The van der Waals surface area contributed by atoms with Crippen molar-refractivity contribution in [3.05, 3.63) is 187 Å². The summed E-state index contributed by atoms with van der Waals surface area (Å²) in [5.41, 5.74) is 12.7. The molecule has 0 spiro atoms. The zero-order chi connectivity index (χ0) is 32.0. The number of benzene rings is 6. The molecule has 0 bridgehead atoms. The van der Waals surface area contributed by atoms with Crippen molar-refractivity contribution in [3.8, 4) is 50.3 Å². The first-order valence-electron chi connectivity index (χ1n) is 15.7. The van der Waals surface area contributed by atoms with Gasteiger partial charge in [0.05, 0.1) is 6.20 Å². The van der Waals surface area contributed by atoms with Gasteiger partial charge in [0.25, 0.3) is 0 Å². The van der Waals surface area contributed by atoms with Crippen LogP contribution in [-0.2, 0) is 20.1 Å². The molecule has 8 aromatic rings. The van der Waals surface area contributed by atoms with Crippen LogP contribution in [0.3, 0.4) is 0 Å². The van der Waals surface area contributed by atoms with E-state index in [0.29, 0.717) is 0 Å². The summed E-state index contributed by atoms with van der Waals surface area (Å²) in [6.45, 7) is 4.33. The third-order valence-electron chi connectivity index (χ3n) is 8.27. The van der Waals surface area contributed by atoms with Crippen LogP contribution in [0, 0.1) is 26.0 Å². The topological polar surface area (TPSA) is 30.7 Å². The molecular formula is C44H33IrN3-2. The number of aromatic nitrogens is 3. The summed E-state index contributed by atoms with van der Waals surface area (Å²) in [5.74, 6) is 0. The summed E-state index contributed by atoms with van der Waals surface area (Å²) in [5, 5.41) is 6.87. The molecular weight excluding hydrogens is 763 g/mol. The minimum atomic E-state index is 0. The Labute approximate surface area is 295 Å². The Kier molecular flexibility index (Phi) is 10.2. The monoisotopic (exact) mass is 796 g/mol. The standard InChI is InChI=1S/C23H19N2.C21H14N.Ir/c1-17-13-20(19-9-5-3-6-10-19)14-18(2)23(17)21-15-24-25(16-21)22-11-7-4-8-12-22;1-2-7-16(8-3-1)17-11-6-12-19(13-17)21-14-18-9-4-5-10-20(18)15-22-21;/h3-11,13-16H,1-2H3;1-11,13-15H;/q2*-1;. The normalized spacial score (nSPS) is 10.5. The Hall–Kier alpha value is -5.41. The number of pyridine rings is 1. The van der Waals surface area contributed by atoms with Crippen LogP contribution in [0.2, 0.25) is 0 Å². The second-order valence-electron chi connectivity index (χ2n) is 11.5. The zero-order valence-electron chi connectivity index (χ0n) is 26.8. The van der Waals surface area contributed by atoms with Gasteiger partial charge in [-0.05, 0) is 69.4 Å². The minimum absolute atomic E-state index is 0. The van der Waals surface area contributed by atoms with Crippen molar-refractivity contribution in [1.82, 2.24) is 14.8 Å². The Balaban J connectivity index is 0.000000165. The van der Waals surface area contributed by atoms with Crippen LogP contribution >= 0.6 is 0 Å². The Morgan fingerprint density at radius 3 is 1.85 bits per heavy atom. The van der Waals surface area contributed by atoms with Crippen molar-refractivity contribution in [2.45, 2.75) is 13.8 Å². The van der Waals surface area contributed by atoms with Gasteiger partial charge >= 0.3 is 0 Å². The average molecular weight is 796 g/mol. The van der Waals surface area contributed by atoms with Crippen LogP contribution in [0.25, 0.3) is 61.1 Å². The number of rotatable bonds is 5. The van der Waals surface area contributed by atoms with E-state index in [1.165, 1.54) is 44.3 Å². The van der Waals surface area contributed by atoms with Gasteiger partial charge in [0, 0.05) is 38.1 Å². The molecule has 1 radical (unpaired) electrons. The smallest absolute Gasteiger partial charge is 0.0572 e. The number of hydrogen-bond acceptors (Lipinski definition) is 2. The van der Waals surface area contributed by atoms with E-state index in [-0.39, 0.29) is 20.1 Å². The molecule has 0 aliphatic rings. The Morgan fingerprint density at radius 2 is 1.17 bits per heavy atom. The van der Waals surface area contributed by atoms with Crippen LogP contribution in [-0.4, -0.2) is 14.8 Å². The molecule has 8 rings (SSSR count). The van der Waals surface area contributed by atoms with Gasteiger partial charge in [0.1, 0.15) is 0 Å². The van der Waals surface area contributed by atoms with Crippen LogP contribution in [0.15, 0.2) is 164 Å². The third-order valence-corrected chi connectivity index (χ3v) is 8.27. The first-order valence-corrected chi connectivity index (χ1v) is 15.7. The molecule has 0 saturated carbocycles. The number of hydrogen-bond donors (Lipinski definition) is 0. The summed E-state index contributed by atoms with van der Waals surface area (Å²) in [7, 11) is 0. The zero-order valence-corrected chi connectivity index (χ0v) is 29.2. The SMILES string of the molecule is Cc1cc(-c2ccccc2)cc(C)c1-c1cnn(-c2[c-]cccc2)c1.[Ir].[c-]1ccc(-c2ccccc2)cc1-c1cc2ccccc2cn1. The van der Waals surface area contributed by atoms with Gasteiger partial charge in [-0.1, -0.05) is 103 Å². The van der Waals surface area contributed by atoms with E-state index in [1.807, 2.05) is 65.6 Å². The predicted octanol–water partition coefficient (Wildman–Crippen LogP) is 11.0. The van der Waals surface area contributed by atoms with E-state index < -0.39 is 0 Å². The summed E-state index contributed by atoms with van der Waals surface area (Å²) < 4.78 is 1.87. The fraction of sp³-hybridized carbons (Fsp3) is 0.0455. The van der Waals surface area contributed by atoms with Crippen LogP contribution < -0.4 is 0 Å². The quantitative estimate of drug-likeness (QED) is 0.163. The molecule has 0 amide bonds. The third kappa shape index (κ3) is 7.26. The van der Waals surface area contributed by atoms with Crippen molar-refractivity contribution in [1.29, 1.82) is 0 Å². The molecule has 3 nitrogen and oxygen atoms in total. The predicted molar refractivity (Wildman–Crippen MR) is 194 cm³/mol. The second kappa shape index (κ2) is 15.0. The number of fused-ring (bicyclic) bond motifs is 1. The van der Waals surface area contributed by atoms with E-state index in [9.17, 15) is 0 Å². The van der Waals surface area contributed by atoms with E-state index in [2.05, 4.69) is 139 Å².